The summed E-state index contributed by atoms with van der Waals surface area (Å²) in [6.45, 7) is 0.590. The molecule has 1 rings (SSSR count). The Labute approximate surface area is 75.5 Å². The maximum Gasteiger partial charge on any atom is 0.346 e. The number of nitrogen functional groups attached to an aromatic ring is 1. The smallest absolute Gasteiger partial charge is 0.346 e. The molecule has 0 bridgehead atoms. The lowest BCUT2D eigenvalue weighted by atomic mass is 10.2. The summed E-state index contributed by atoms with van der Waals surface area (Å²) in [4.78, 5) is 16.7. The van der Waals surface area contributed by atoms with E-state index in [4.69, 9.17) is 11.5 Å². The second-order valence-electron chi connectivity index (χ2n) is 2.53. The Morgan fingerprint density at radius 3 is 3.00 bits per heavy atom. The summed E-state index contributed by atoms with van der Waals surface area (Å²) in [5, 5.41) is 0. The van der Waals surface area contributed by atoms with Gasteiger partial charge in [-0.15, -0.1) is 0 Å². The number of anilines is 1. The molecule has 5 N–H and O–H groups in total. The first kappa shape index (κ1) is 9.47. The van der Waals surface area contributed by atoms with Crippen LogP contribution in [0.25, 0.3) is 6.08 Å². The van der Waals surface area contributed by atoms with Crippen LogP contribution in [-0.2, 0) is 0 Å². The highest BCUT2D eigenvalue weighted by Gasteiger charge is 1.95. The molecule has 0 aliphatic heterocycles. The topological polar surface area (TPSA) is 97.8 Å². The van der Waals surface area contributed by atoms with Gasteiger partial charge in [0.2, 0.25) is 0 Å². The summed E-state index contributed by atoms with van der Waals surface area (Å²) in [6, 6.07) is 0. The van der Waals surface area contributed by atoms with Crippen molar-refractivity contribution in [2.24, 2.45) is 5.73 Å². The van der Waals surface area contributed by atoms with E-state index >= 15 is 0 Å². The highest BCUT2D eigenvalue weighted by Crippen LogP contribution is 2.05. The second-order valence-corrected chi connectivity index (χ2v) is 2.53. The van der Waals surface area contributed by atoms with Crippen molar-refractivity contribution in [1.82, 2.24) is 9.97 Å². The first-order valence-corrected chi connectivity index (χ1v) is 3.96. The largest absolute Gasteiger partial charge is 0.383 e. The molecular weight excluding hydrogens is 168 g/mol. The van der Waals surface area contributed by atoms with Gasteiger partial charge < -0.3 is 16.5 Å². The van der Waals surface area contributed by atoms with Crippen molar-refractivity contribution in [3.63, 3.8) is 0 Å². The number of hydrogen-bond donors (Lipinski definition) is 3. The van der Waals surface area contributed by atoms with E-state index < -0.39 is 5.69 Å². The molecule has 0 unspecified atom stereocenters. The molecule has 0 saturated carbocycles. The Bertz CT molecular complexity index is 355. The zero-order chi connectivity index (χ0) is 9.68. The van der Waals surface area contributed by atoms with Gasteiger partial charge in [-0.1, -0.05) is 12.2 Å². The van der Waals surface area contributed by atoms with Gasteiger partial charge in [0.1, 0.15) is 5.82 Å². The van der Waals surface area contributed by atoms with Crippen LogP contribution >= 0.6 is 0 Å². The maximum atomic E-state index is 10.7. The van der Waals surface area contributed by atoms with Crippen molar-refractivity contribution in [2.75, 3.05) is 12.3 Å². The molecule has 0 amide bonds. The van der Waals surface area contributed by atoms with Crippen molar-refractivity contribution >= 4 is 11.9 Å². The molecule has 5 nitrogen and oxygen atoms in total. The summed E-state index contributed by atoms with van der Waals surface area (Å²) >= 11 is 0. The third-order valence-electron chi connectivity index (χ3n) is 1.50. The van der Waals surface area contributed by atoms with Crippen molar-refractivity contribution in [3.05, 3.63) is 28.3 Å². The van der Waals surface area contributed by atoms with Crippen molar-refractivity contribution in [1.29, 1.82) is 0 Å². The zero-order valence-electron chi connectivity index (χ0n) is 7.16. The molecule has 0 atom stereocenters. The summed E-state index contributed by atoms with van der Waals surface area (Å²) < 4.78 is 0. The molecule has 1 aromatic rings. The fraction of sp³-hybridized carbons (Fsp3) is 0.250. The van der Waals surface area contributed by atoms with E-state index in [2.05, 4.69) is 9.97 Å². The van der Waals surface area contributed by atoms with E-state index in [1.165, 1.54) is 6.20 Å². The SMILES string of the molecule is NCCC=Cc1c[nH]c(=O)nc1N. The third kappa shape index (κ3) is 2.72. The molecule has 70 valence electrons. The minimum Gasteiger partial charge on any atom is -0.383 e. The van der Waals surface area contributed by atoms with Gasteiger partial charge in [-0.3, -0.25) is 0 Å². The second kappa shape index (κ2) is 4.42. The maximum absolute atomic E-state index is 10.7. The molecule has 0 spiro atoms. The first-order chi connectivity index (χ1) is 6.24. The van der Waals surface area contributed by atoms with Crippen LogP contribution < -0.4 is 17.2 Å². The van der Waals surface area contributed by atoms with Crippen LogP contribution in [-0.4, -0.2) is 16.5 Å². The molecule has 0 aromatic carbocycles. The molecule has 5 heteroatoms. The Morgan fingerprint density at radius 1 is 1.62 bits per heavy atom. The van der Waals surface area contributed by atoms with Crippen molar-refractivity contribution < 1.29 is 0 Å². The lowest BCUT2D eigenvalue weighted by molar-refractivity contribution is 1.01. The van der Waals surface area contributed by atoms with Gasteiger partial charge in [0.15, 0.2) is 0 Å². The van der Waals surface area contributed by atoms with Crippen molar-refractivity contribution in [3.8, 4) is 0 Å². The summed E-state index contributed by atoms with van der Waals surface area (Å²) in [5.74, 6) is 0.233. The van der Waals surface area contributed by atoms with Gasteiger partial charge in [0.05, 0.1) is 0 Å². The number of aromatic nitrogens is 2. The summed E-state index contributed by atoms with van der Waals surface area (Å²) in [5.41, 5.74) is 11.1. The highest BCUT2D eigenvalue weighted by atomic mass is 16.1. The molecule has 1 aromatic heterocycles. The fourth-order valence-electron chi connectivity index (χ4n) is 0.860. The number of nitrogens with one attached hydrogen (secondary N) is 1. The van der Waals surface area contributed by atoms with Gasteiger partial charge in [-0.2, -0.15) is 4.98 Å². The van der Waals surface area contributed by atoms with E-state index in [-0.39, 0.29) is 5.82 Å². The first-order valence-electron chi connectivity index (χ1n) is 3.96. The van der Waals surface area contributed by atoms with E-state index in [1.807, 2.05) is 6.08 Å². The van der Waals surface area contributed by atoms with Crippen LogP contribution in [0.1, 0.15) is 12.0 Å². The van der Waals surface area contributed by atoms with Crippen LogP contribution in [0.5, 0.6) is 0 Å². The lowest BCUT2D eigenvalue weighted by Gasteiger charge is -1.96. The van der Waals surface area contributed by atoms with Gasteiger partial charge in [-0.05, 0) is 13.0 Å². The molecule has 13 heavy (non-hydrogen) atoms. The van der Waals surface area contributed by atoms with Crippen LogP contribution in [0, 0.1) is 0 Å². The van der Waals surface area contributed by atoms with E-state index in [1.54, 1.807) is 6.08 Å². The average Bonchev–Trinajstić information content (AvgIpc) is 2.09. The summed E-state index contributed by atoms with van der Waals surface area (Å²) in [7, 11) is 0. The third-order valence-corrected chi connectivity index (χ3v) is 1.50. The van der Waals surface area contributed by atoms with E-state index in [0.29, 0.717) is 12.1 Å². The molecule has 1 heterocycles. The van der Waals surface area contributed by atoms with Crippen LogP contribution in [0.15, 0.2) is 17.1 Å². The Morgan fingerprint density at radius 2 is 2.38 bits per heavy atom. The number of rotatable bonds is 3. The molecular formula is C8H12N4O. The molecule has 0 aliphatic carbocycles. The highest BCUT2D eigenvalue weighted by molar-refractivity contribution is 5.59. The van der Waals surface area contributed by atoms with Gasteiger partial charge in [0.25, 0.3) is 0 Å². The predicted octanol–water partition coefficient (Wildman–Crippen LogP) is -0.286. The Hall–Kier alpha value is -1.62. The molecule has 0 radical (unpaired) electrons. The predicted molar refractivity (Wildman–Crippen MR) is 52.0 cm³/mol. The monoisotopic (exact) mass is 180 g/mol. The number of nitrogens with two attached hydrogens (primary N) is 2. The standard InChI is InChI=1S/C8H12N4O/c9-4-2-1-3-6-5-11-8(13)12-7(6)10/h1,3,5H,2,4,9H2,(H3,10,11,12,13). The van der Waals surface area contributed by atoms with Crippen LogP contribution in [0.2, 0.25) is 0 Å². The number of nitrogens with zero attached hydrogens (tertiary/aromatic N) is 1. The lowest BCUT2D eigenvalue weighted by Crippen LogP contribution is -2.12. The fourth-order valence-corrected chi connectivity index (χ4v) is 0.860. The summed E-state index contributed by atoms with van der Waals surface area (Å²) in [6.07, 6.45) is 5.97. The van der Waals surface area contributed by atoms with Crippen LogP contribution in [0.3, 0.4) is 0 Å². The van der Waals surface area contributed by atoms with E-state index in [9.17, 15) is 4.79 Å². The number of hydrogen-bond acceptors (Lipinski definition) is 4. The van der Waals surface area contributed by atoms with Crippen LogP contribution in [0.4, 0.5) is 5.82 Å². The Kier molecular flexibility index (Phi) is 3.22. The molecule has 0 aliphatic rings. The number of aromatic amines is 1. The Balaban J connectivity index is 2.83. The molecule has 0 fully saturated rings. The average molecular weight is 180 g/mol. The minimum atomic E-state index is -0.437. The quantitative estimate of drug-likeness (QED) is 0.595. The zero-order valence-corrected chi connectivity index (χ0v) is 7.16. The van der Waals surface area contributed by atoms with Crippen molar-refractivity contribution in [2.45, 2.75) is 6.42 Å². The minimum absolute atomic E-state index is 0.233. The van der Waals surface area contributed by atoms with Gasteiger partial charge >= 0.3 is 5.69 Å². The van der Waals surface area contributed by atoms with Gasteiger partial charge in [-0.25, -0.2) is 4.79 Å². The molecule has 0 saturated heterocycles. The van der Waals surface area contributed by atoms with E-state index in [0.717, 1.165) is 6.42 Å². The van der Waals surface area contributed by atoms with Gasteiger partial charge in [0, 0.05) is 11.8 Å². The normalized spacial score (nSPS) is 10.8. The number of H-pyrrole nitrogens is 1.